The topological polar surface area (TPSA) is 44.9 Å². The number of benzene rings is 2. The first-order valence-electron chi connectivity index (χ1n) is 8.28. The van der Waals surface area contributed by atoms with Gasteiger partial charge in [-0.15, -0.1) is 0 Å². The Kier molecular flexibility index (Phi) is 3.81. The first kappa shape index (κ1) is 15.3. The van der Waals surface area contributed by atoms with Crippen LogP contribution in [0.5, 0.6) is 0 Å². The molecule has 0 atom stereocenters. The summed E-state index contributed by atoms with van der Waals surface area (Å²) in [6, 6.07) is 15.9. The molecule has 122 valence electrons. The van der Waals surface area contributed by atoms with Gasteiger partial charge in [-0.2, -0.15) is 0 Å². The summed E-state index contributed by atoms with van der Waals surface area (Å²) in [5.74, 6) is 0.115. The van der Waals surface area contributed by atoms with Crippen LogP contribution in [0.4, 0.5) is 0 Å². The number of fused-ring (bicyclic) bond motifs is 1. The number of rotatable bonds is 5. The number of hydrogen-bond acceptors (Lipinski definition) is 1. The van der Waals surface area contributed by atoms with E-state index in [1.165, 1.54) is 10.9 Å². The highest BCUT2D eigenvalue weighted by atomic mass is 35.5. The van der Waals surface area contributed by atoms with Crippen molar-refractivity contribution in [2.45, 2.75) is 24.7 Å². The van der Waals surface area contributed by atoms with Crippen LogP contribution >= 0.6 is 11.6 Å². The fourth-order valence-corrected chi connectivity index (χ4v) is 3.57. The van der Waals surface area contributed by atoms with Crippen molar-refractivity contribution >= 4 is 28.4 Å². The average Bonchev–Trinajstić information content (AvgIpc) is 3.32. The molecule has 2 aromatic carbocycles. The van der Waals surface area contributed by atoms with Gasteiger partial charge in [0.25, 0.3) is 0 Å². The molecule has 1 aliphatic carbocycles. The lowest BCUT2D eigenvalue weighted by atomic mass is 9.95. The van der Waals surface area contributed by atoms with Crippen LogP contribution in [0.15, 0.2) is 54.7 Å². The monoisotopic (exact) mass is 338 g/mol. The van der Waals surface area contributed by atoms with Crippen molar-refractivity contribution in [1.29, 1.82) is 0 Å². The van der Waals surface area contributed by atoms with Gasteiger partial charge >= 0.3 is 0 Å². The van der Waals surface area contributed by atoms with Crippen LogP contribution in [0.1, 0.15) is 24.0 Å². The molecule has 1 fully saturated rings. The van der Waals surface area contributed by atoms with Gasteiger partial charge in [-0.3, -0.25) is 4.79 Å². The van der Waals surface area contributed by atoms with E-state index < -0.39 is 0 Å². The Morgan fingerprint density at radius 2 is 2.00 bits per heavy atom. The van der Waals surface area contributed by atoms with Gasteiger partial charge in [-0.25, -0.2) is 0 Å². The maximum Gasteiger partial charge on any atom is 0.230 e. The normalized spacial score (nSPS) is 15.4. The first-order valence-corrected chi connectivity index (χ1v) is 8.66. The zero-order chi connectivity index (χ0) is 16.6. The first-order chi connectivity index (χ1) is 11.7. The van der Waals surface area contributed by atoms with Crippen LogP contribution in [0.25, 0.3) is 10.9 Å². The molecule has 3 nitrogen and oxygen atoms in total. The molecule has 1 aliphatic rings. The molecule has 1 saturated carbocycles. The molecule has 0 spiro atoms. The number of carbonyl (C=O) groups excluding carboxylic acids is 1. The largest absolute Gasteiger partial charge is 0.361 e. The molecular formula is C20H19ClN2O. The number of aromatic nitrogens is 1. The maximum atomic E-state index is 12.7. The van der Waals surface area contributed by atoms with Crippen molar-refractivity contribution in [2.75, 3.05) is 6.54 Å². The van der Waals surface area contributed by atoms with Crippen molar-refractivity contribution in [3.05, 3.63) is 70.9 Å². The smallest absolute Gasteiger partial charge is 0.230 e. The molecule has 0 radical (unpaired) electrons. The number of hydrogen-bond donors (Lipinski definition) is 2. The number of carbonyl (C=O) groups is 1. The molecule has 0 unspecified atom stereocenters. The second-order valence-corrected chi connectivity index (χ2v) is 6.89. The van der Waals surface area contributed by atoms with E-state index >= 15 is 0 Å². The Hall–Kier alpha value is -2.26. The van der Waals surface area contributed by atoms with Crippen molar-refractivity contribution in [3.8, 4) is 0 Å². The highest BCUT2D eigenvalue weighted by molar-refractivity contribution is 6.30. The summed E-state index contributed by atoms with van der Waals surface area (Å²) in [7, 11) is 0. The van der Waals surface area contributed by atoms with E-state index in [0.717, 1.165) is 30.3 Å². The third-order valence-electron chi connectivity index (χ3n) is 4.92. The van der Waals surface area contributed by atoms with Gasteiger partial charge in [0, 0.05) is 28.7 Å². The van der Waals surface area contributed by atoms with Crippen molar-refractivity contribution in [3.63, 3.8) is 0 Å². The Balaban J connectivity index is 1.42. The molecule has 4 rings (SSSR count). The zero-order valence-corrected chi connectivity index (χ0v) is 14.1. The molecule has 1 aromatic heterocycles. The summed E-state index contributed by atoms with van der Waals surface area (Å²) in [6.45, 7) is 0.642. The molecule has 3 aromatic rings. The lowest BCUT2D eigenvalue weighted by Gasteiger charge is -2.16. The fraction of sp³-hybridized carbons (Fsp3) is 0.250. The molecule has 4 heteroatoms. The third-order valence-corrected chi connectivity index (χ3v) is 5.15. The minimum absolute atomic E-state index is 0.115. The Labute approximate surface area is 146 Å². The predicted octanol–water partition coefficient (Wildman–Crippen LogP) is 4.21. The Morgan fingerprint density at radius 3 is 2.79 bits per heavy atom. The van der Waals surface area contributed by atoms with Gasteiger partial charge in [-0.1, -0.05) is 41.9 Å². The molecule has 2 N–H and O–H groups in total. The van der Waals surface area contributed by atoms with Crippen molar-refractivity contribution < 1.29 is 4.79 Å². The third kappa shape index (κ3) is 2.69. The average molecular weight is 339 g/mol. The number of aromatic amines is 1. The van der Waals surface area contributed by atoms with Gasteiger partial charge in [0.1, 0.15) is 0 Å². The van der Waals surface area contributed by atoms with Gasteiger partial charge < -0.3 is 10.3 Å². The van der Waals surface area contributed by atoms with E-state index in [2.05, 4.69) is 22.4 Å². The fourth-order valence-electron chi connectivity index (χ4n) is 3.38. The van der Waals surface area contributed by atoms with E-state index in [-0.39, 0.29) is 11.3 Å². The number of para-hydroxylation sites is 1. The van der Waals surface area contributed by atoms with Crippen LogP contribution in [-0.4, -0.2) is 17.4 Å². The molecule has 0 bridgehead atoms. The minimum Gasteiger partial charge on any atom is -0.361 e. The summed E-state index contributed by atoms with van der Waals surface area (Å²) in [4.78, 5) is 15.9. The molecular weight excluding hydrogens is 320 g/mol. The lowest BCUT2D eigenvalue weighted by molar-refractivity contribution is -0.123. The van der Waals surface area contributed by atoms with E-state index in [1.807, 2.05) is 42.6 Å². The van der Waals surface area contributed by atoms with E-state index in [1.54, 1.807) is 0 Å². The second kappa shape index (κ2) is 5.99. The van der Waals surface area contributed by atoms with Crippen LogP contribution < -0.4 is 5.32 Å². The van der Waals surface area contributed by atoms with Crippen LogP contribution in [-0.2, 0) is 16.6 Å². The van der Waals surface area contributed by atoms with Gasteiger partial charge in [-0.05, 0) is 48.6 Å². The second-order valence-electron chi connectivity index (χ2n) is 6.46. The van der Waals surface area contributed by atoms with E-state index in [4.69, 9.17) is 11.6 Å². The predicted molar refractivity (Wildman–Crippen MR) is 97.4 cm³/mol. The summed E-state index contributed by atoms with van der Waals surface area (Å²) >= 11 is 6.08. The lowest BCUT2D eigenvalue weighted by Crippen LogP contribution is -2.35. The Bertz CT molecular complexity index is 895. The molecule has 1 heterocycles. The number of amides is 1. The minimum atomic E-state index is -0.370. The van der Waals surface area contributed by atoms with Crippen LogP contribution in [0.3, 0.4) is 0 Å². The van der Waals surface area contributed by atoms with Gasteiger partial charge in [0.05, 0.1) is 5.41 Å². The Morgan fingerprint density at radius 1 is 1.17 bits per heavy atom. The van der Waals surface area contributed by atoms with Crippen LogP contribution in [0.2, 0.25) is 5.02 Å². The highest BCUT2D eigenvalue weighted by Gasteiger charge is 2.51. The summed E-state index contributed by atoms with van der Waals surface area (Å²) in [5, 5.41) is 5.02. The quantitative estimate of drug-likeness (QED) is 0.719. The van der Waals surface area contributed by atoms with Crippen LogP contribution in [0, 0.1) is 0 Å². The standard InChI is InChI=1S/C20H19ClN2O/c21-16-5-3-4-15(12-16)20(9-10-20)19(24)22-11-8-14-13-23-18-7-2-1-6-17(14)18/h1-7,12-13,23H,8-11H2,(H,22,24). The van der Waals surface area contributed by atoms with E-state index in [9.17, 15) is 4.79 Å². The van der Waals surface area contributed by atoms with Gasteiger partial charge in [0.15, 0.2) is 0 Å². The molecule has 0 aliphatic heterocycles. The molecule has 0 saturated heterocycles. The maximum absolute atomic E-state index is 12.7. The SMILES string of the molecule is O=C(NCCc1c[nH]c2ccccc12)C1(c2cccc(Cl)c2)CC1. The highest BCUT2D eigenvalue weighted by Crippen LogP contribution is 2.48. The summed E-state index contributed by atoms with van der Waals surface area (Å²) < 4.78 is 0. The number of halogens is 1. The molecule has 1 amide bonds. The zero-order valence-electron chi connectivity index (χ0n) is 13.3. The number of nitrogens with one attached hydrogen (secondary N) is 2. The van der Waals surface area contributed by atoms with Crippen molar-refractivity contribution in [2.24, 2.45) is 0 Å². The summed E-state index contributed by atoms with van der Waals surface area (Å²) in [6.07, 6.45) is 4.64. The number of H-pyrrole nitrogens is 1. The van der Waals surface area contributed by atoms with Gasteiger partial charge in [0.2, 0.25) is 5.91 Å². The van der Waals surface area contributed by atoms with E-state index in [0.29, 0.717) is 11.6 Å². The molecule has 24 heavy (non-hydrogen) atoms. The summed E-state index contributed by atoms with van der Waals surface area (Å²) in [5.41, 5.74) is 3.03. The van der Waals surface area contributed by atoms with Crippen molar-refractivity contribution in [1.82, 2.24) is 10.3 Å².